The largest absolute Gasteiger partial charge is 0.492 e. The van der Waals surface area contributed by atoms with Gasteiger partial charge in [-0.2, -0.15) is 0 Å². The minimum Gasteiger partial charge on any atom is -0.492 e. The van der Waals surface area contributed by atoms with Gasteiger partial charge in [-0.3, -0.25) is 9.78 Å². The van der Waals surface area contributed by atoms with Crippen LogP contribution >= 0.6 is 0 Å². The fourth-order valence-electron chi connectivity index (χ4n) is 2.82. The predicted molar refractivity (Wildman–Crippen MR) is 80.2 cm³/mol. The maximum atomic E-state index is 12.4. The van der Waals surface area contributed by atoms with Gasteiger partial charge in [-0.1, -0.05) is 45.4 Å². The topological polar surface area (TPSA) is 39.2 Å². The van der Waals surface area contributed by atoms with Gasteiger partial charge in [0.1, 0.15) is 5.75 Å². The highest BCUT2D eigenvalue weighted by molar-refractivity contribution is 5.96. The number of hydrogen-bond acceptors (Lipinski definition) is 3. The number of aromatic nitrogens is 1. The Balaban J connectivity index is 1.93. The number of carbonyl (C=O) groups is 1. The van der Waals surface area contributed by atoms with Gasteiger partial charge in [0.25, 0.3) is 0 Å². The van der Waals surface area contributed by atoms with Gasteiger partial charge in [-0.15, -0.1) is 0 Å². The number of Topliss-reactive ketones (excluding diaryl/α,β-unsaturated/α-hetero) is 1. The van der Waals surface area contributed by atoms with E-state index >= 15 is 0 Å². The molecule has 110 valence electrons. The summed E-state index contributed by atoms with van der Waals surface area (Å²) in [5.41, 5.74) is 0.697. The van der Waals surface area contributed by atoms with Crippen molar-refractivity contribution >= 4 is 5.78 Å². The van der Waals surface area contributed by atoms with Gasteiger partial charge in [-0.05, 0) is 18.4 Å². The Morgan fingerprint density at radius 2 is 2.00 bits per heavy atom. The lowest BCUT2D eigenvalue weighted by Gasteiger charge is -2.13. The molecular formula is C17H25NO2. The third-order valence-electron chi connectivity index (χ3n) is 3.96. The van der Waals surface area contributed by atoms with Crippen molar-refractivity contribution in [2.75, 3.05) is 6.61 Å². The van der Waals surface area contributed by atoms with Gasteiger partial charge >= 0.3 is 0 Å². The van der Waals surface area contributed by atoms with Crippen molar-refractivity contribution < 1.29 is 9.53 Å². The van der Waals surface area contributed by atoms with Crippen LogP contribution < -0.4 is 4.74 Å². The highest BCUT2D eigenvalue weighted by atomic mass is 16.5. The third kappa shape index (κ3) is 4.62. The normalized spacial score (nSPS) is 16.6. The molecule has 0 N–H and O–H groups in total. The molecule has 1 aromatic heterocycles. The van der Waals surface area contributed by atoms with E-state index in [2.05, 4.69) is 11.9 Å². The Labute approximate surface area is 121 Å². The highest BCUT2D eigenvalue weighted by Crippen LogP contribution is 2.27. The Morgan fingerprint density at radius 1 is 1.25 bits per heavy atom. The summed E-state index contributed by atoms with van der Waals surface area (Å²) in [6.45, 7) is 2.73. The minimum atomic E-state index is 0.214. The van der Waals surface area contributed by atoms with Crippen LogP contribution in [-0.2, 0) is 0 Å². The summed E-state index contributed by atoms with van der Waals surface area (Å²) < 4.78 is 5.54. The molecule has 0 bridgehead atoms. The SMILES string of the molecule is CCCOc1cncc(C(=O)CC2CCCCCC2)c1. The minimum absolute atomic E-state index is 0.214. The zero-order valence-electron chi connectivity index (χ0n) is 12.4. The second-order valence-corrected chi connectivity index (χ2v) is 5.74. The van der Waals surface area contributed by atoms with E-state index in [4.69, 9.17) is 4.74 Å². The fourth-order valence-corrected chi connectivity index (χ4v) is 2.82. The molecule has 2 rings (SSSR count). The van der Waals surface area contributed by atoms with Gasteiger partial charge in [-0.25, -0.2) is 0 Å². The molecule has 0 spiro atoms. The molecule has 0 atom stereocenters. The van der Waals surface area contributed by atoms with Crippen molar-refractivity contribution in [3.8, 4) is 5.75 Å². The quantitative estimate of drug-likeness (QED) is 0.570. The Bertz CT molecular complexity index is 423. The van der Waals surface area contributed by atoms with Gasteiger partial charge in [0.2, 0.25) is 0 Å². The first-order valence-corrected chi connectivity index (χ1v) is 7.90. The summed E-state index contributed by atoms with van der Waals surface area (Å²) in [4.78, 5) is 16.5. The molecule has 0 radical (unpaired) electrons. The van der Waals surface area contributed by atoms with E-state index in [-0.39, 0.29) is 5.78 Å². The van der Waals surface area contributed by atoms with Gasteiger partial charge in [0.15, 0.2) is 5.78 Å². The second kappa shape index (κ2) is 8.03. The van der Waals surface area contributed by atoms with Crippen molar-refractivity contribution in [2.24, 2.45) is 5.92 Å². The van der Waals surface area contributed by atoms with Crippen molar-refractivity contribution in [3.63, 3.8) is 0 Å². The zero-order valence-corrected chi connectivity index (χ0v) is 12.4. The Morgan fingerprint density at radius 3 is 2.70 bits per heavy atom. The Kier molecular flexibility index (Phi) is 6.03. The molecule has 0 unspecified atom stereocenters. The summed E-state index contributed by atoms with van der Waals surface area (Å²) in [7, 11) is 0. The molecule has 0 saturated heterocycles. The third-order valence-corrected chi connectivity index (χ3v) is 3.96. The maximum Gasteiger partial charge on any atom is 0.164 e. The van der Waals surface area contributed by atoms with E-state index in [1.807, 2.05) is 6.07 Å². The first-order valence-electron chi connectivity index (χ1n) is 7.90. The van der Waals surface area contributed by atoms with Gasteiger partial charge in [0.05, 0.1) is 12.8 Å². The lowest BCUT2D eigenvalue weighted by molar-refractivity contribution is 0.0956. The lowest BCUT2D eigenvalue weighted by Crippen LogP contribution is -2.09. The second-order valence-electron chi connectivity index (χ2n) is 5.74. The number of rotatable bonds is 6. The molecular weight excluding hydrogens is 250 g/mol. The maximum absolute atomic E-state index is 12.4. The van der Waals surface area contributed by atoms with Crippen LogP contribution in [-0.4, -0.2) is 17.4 Å². The summed E-state index contributed by atoms with van der Waals surface area (Å²) in [6.07, 6.45) is 12.6. The summed E-state index contributed by atoms with van der Waals surface area (Å²) in [5, 5.41) is 0. The first-order chi connectivity index (χ1) is 9.79. The zero-order chi connectivity index (χ0) is 14.2. The molecule has 1 fully saturated rings. The van der Waals surface area contributed by atoms with E-state index in [1.54, 1.807) is 12.4 Å². The number of nitrogens with zero attached hydrogens (tertiary/aromatic N) is 1. The molecule has 0 aromatic carbocycles. The van der Waals surface area contributed by atoms with Crippen LogP contribution in [0.2, 0.25) is 0 Å². The number of carbonyl (C=O) groups excluding carboxylic acids is 1. The summed E-state index contributed by atoms with van der Waals surface area (Å²) >= 11 is 0. The molecule has 20 heavy (non-hydrogen) atoms. The summed E-state index contributed by atoms with van der Waals surface area (Å²) in [6, 6.07) is 1.84. The van der Waals surface area contributed by atoms with Crippen LogP contribution in [0.25, 0.3) is 0 Å². The molecule has 1 aromatic rings. The molecule has 1 aliphatic carbocycles. The van der Waals surface area contributed by atoms with Crippen molar-refractivity contribution in [2.45, 2.75) is 58.3 Å². The molecule has 0 amide bonds. The van der Waals surface area contributed by atoms with Crippen LogP contribution in [0.5, 0.6) is 5.75 Å². The molecule has 1 aliphatic rings. The number of hydrogen-bond donors (Lipinski definition) is 0. The molecule has 0 aliphatic heterocycles. The molecule has 3 nitrogen and oxygen atoms in total. The van der Waals surface area contributed by atoms with E-state index in [0.29, 0.717) is 30.3 Å². The first kappa shape index (κ1) is 15.0. The van der Waals surface area contributed by atoms with E-state index in [0.717, 1.165) is 6.42 Å². The average molecular weight is 275 g/mol. The monoisotopic (exact) mass is 275 g/mol. The molecule has 3 heteroatoms. The standard InChI is InChI=1S/C17H25NO2/c1-2-9-20-16-11-15(12-18-13-16)17(19)10-14-7-5-3-4-6-8-14/h11-14H,2-10H2,1H3. The number of pyridine rings is 1. The highest BCUT2D eigenvalue weighted by Gasteiger charge is 2.17. The van der Waals surface area contributed by atoms with Crippen LogP contribution in [0.4, 0.5) is 0 Å². The molecule has 1 saturated carbocycles. The lowest BCUT2D eigenvalue weighted by atomic mass is 9.92. The van der Waals surface area contributed by atoms with Crippen LogP contribution in [0, 0.1) is 5.92 Å². The van der Waals surface area contributed by atoms with Crippen molar-refractivity contribution in [1.29, 1.82) is 0 Å². The average Bonchev–Trinajstić information content (AvgIpc) is 2.74. The van der Waals surface area contributed by atoms with Gasteiger partial charge < -0.3 is 4.74 Å². The smallest absolute Gasteiger partial charge is 0.164 e. The van der Waals surface area contributed by atoms with E-state index in [1.165, 1.54) is 38.5 Å². The number of ether oxygens (including phenoxy) is 1. The molecule has 1 heterocycles. The van der Waals surface area contributed by atoms with E-state index < -0.39 is 0 Å². The van der Waals surface area contributed by atoms with Crippen LogP contribution in [0.3, 0.4) is 0 Å². The fraction of sp³-hybridized carbons (Fsp3) is 0.647. The predicted octanol–water partition coefficient (Wildman–Crippen LogP) is 4.41. The van der Waals surface area contributed by atoms with Crippen LogP contribution in [0.15, 0.2) is 18.5 Å². The summed E-state index contributed by atoms with van der Waals surface area (Å²) in [5.74, 6) is 1.48. The number of ketones is 1. The van der Waals surface area contributed by atoms with Crippen LogP contribution in [0.1, 0.15) is 68.6 Å². The van der Waals surface area contributed by atoms with Crippen molar-refractivity contribution in [1.82, 2.24) is 4.98 Å². The van der Waals surface area contributed by atoms with E-state index in [9.17, 15) is 4.79 Å². The Hall–Kier alpha value is -1.38. The van der Waals surface area contributed by atoms with Crippen molar-refractivity contribution in [3.05, 3.63) is 24.0 Å². The van der Waals surface area contributed by atoms with Gasteiger partial charge in [0, 0.05) is 18.2 Å².